The van der Waals surface area contributed by atoms with E-state index in [1.165, 1.54) is 0 Å². The standard InChI is InChI=1S/C11H10N6/c12-8-1-3-9(4-2-8)15-10-11-16-14-7-17(11)6-5-13-10/h1-7H,12H2,(H,13,15). The summed E-state index contributed by atoms with van der Waals surface area (Å²) in [6.45, 7) is 0. The number of benzene rings is 1. The van der Waals surface area contributed by atoms with Crippen LogP contribution < -0.4 is 11.1 Å². The zero-order valence-corrected chi connectivity index (χ0v) is 8.91. The van der Waals surface area contributed by atoms with Crippen molar-refractivity contribution in [3.8, 4) is 0 Å². The quantitative estimate of drug-likeness (QED) is 0.646. The smallest absolute Gasteiger partial charge is 0.203 e. The number of nitrogens with two attached hydrogens (primary N) is 1. The summed E-state index contributed by atoms with van der Waals surface area (Å²) >= 11 is 0. The van der Waals surface area contributed by atoms with Crippen molar-refractivity contribution in [2.75, 3.05) is 11.1 Å². The molecule has 3 N–H and O–H groups in total. The Balaban J connectivity index is 1.99. The van der Waals surface area contributed by atoms with Gasteiger partial charge in [0, 0.05) is 23.8 Å². The van der Waals surface area contributed by atoms with E-state index in [2.05, 4.69) is 20.5 Å². The first-order chi connectivity index (χ1) is 8.33. The van der Waals surface area contributed by atoms with E-state index in [0.29, 0.717) is 11.5 Å². The Morgan fingerprint density at radius 3 is 2.82 bits per heavy atom. The number of nitrogen functional groups attached to an aromatic ring is 1. The van der Waals surface area contributed by atoms with Crippen molar-refractivity contribution in [1.29, 1.82) is 0 Å². The third-order valence-corrected chi connectivity index (χ3v) is 2.39. The number of hydrogen-bond acceptors (Lipinski definition) is 5. The maximum Gasteiger partial charge on any atom is 0.203 e. The summed E-state index contributed by atoms with van der Waals surface area (Å²) in [5, 5.41) is 11.0. The lowest BCUT2D eigenvalue weighted by Gasteiger charge is -2.06. The van der Waals surface area contributed by atoms with Crippen LogP contribution in [0.15, 0.2) is 43.0 Å². The highest BCUT2D eigenvalue weighted by atomic mass is 15.2. The first-order valence-electron chi connectivity index (χ1n) is 5.10. The van der Waals surface area contributed by atoms with Gasteiger partial charge in [-0.1, -0.05) is 0 Å². The molecule has 6 nitrogen and oxygen atoms in total. The number of aromatic nitrogens is 4. The Morgan fingerprint density at radius 1 is 1.18 bits per heavy atom. The van der Waals surface area contributed by atoms with Gasteiger partial charge in [-0.2, -0.15) is 0 Å². The minimum atomic E-state index is 0.662. The van der Waals surface area contributed by atoms with Crippen molar-refractivity contribution in [3.05, 3.63) is 43.0 Å². The minimum Gasteiger partial charge on any atom is -0.399 e. The molecule has 0 saturated carbocycles. The predicted molar refractivity (Wildman–Crippen MR) is 64.9 cm³/mol. The van der Waals surface area contributed by atoms with E-state index in [-0.39, 0.29) is 0 Å². The molecule has 3 rings (SSSR count). The molecule has 2 aromatic heterocycles. The SMILES string of the molecule is Nc1ccc(Nc2nccn3cnnc23)cc1. The van der Waals surface area contributed by atoms with Gasteiger partial charge in [0.25, 0.3) is 0 Å². The van der Waals surface area contributed by atoms with Gasteiger partial charge in [-0.15, -0.1) is 10.2 Å². The number of nitrogens with one attached hydrogen (secondary N) is 1. The lowest BCUT2D eigenvalue weighted by atomic mass is 10.3. The van der Waals surface area contributed by atoms with E-state index >= 15 is 0 Å². The van der Waals surface area contributed by atoms with E-state index in [4.69, 9.17) is 5.73 Å². The van der Waals surface area contributed by atoms with Gasteiger partial charge in [0.05, 0.1) is 0 Å². The second-order valence-electron chi connectivity index (χ2n) is 3.58. The molecule has 0 atom stereocenters. The largest absolute Gasteiger partial charge is 0.399 e. The van der Waals surface area contributed by atoms with Crippen LogP contribution in [0.3, 0.4) is 0 Å². The Labute approximate surface area is 97.1 Å². The van der Waals surface area contributed by atoms with Crippen LogP contribution in [-0.2, 0) is 0 Å². The summed E-state index contributed by atoms with van der Waals surface area (Å²) in [5.74, 6) is 0.662. The van der Waals surface area contributed by atoms with Gasteiger partial charge in [0.1, 0.15) is 6.33 Å². The molecule has 0 radical (unpaired) electrons. The molecule has 84 valence electrons. The second kappa shape index (κ2) is 3.75. The Hall–Kier alpha value is -2.63. The molecule has 6 heteroatoms. The van der Waals surface area contributed by atoms with Crippen molar-refractivity contribution in [1.82, 2.24) is 19.6 Å². The van der Waals surface area contributed by atoms with E-state index in [1.54, 1.807) is 23.1 Å². The van der Waals surface area contributed by atoms with E-state index in [1.807, 2.05) is 24.3 Å². The van der Waals surface area contributed by atoms with Crippen LogP contribution in [0, 0.1) is 0 Å². The number of rotatable bonds is 2. The highest BCUT2D eigenvalue weighted by molar-refractivity contribution is 5.69. The molecule has 0 fully saturated rings. The normalized spacial score (nSPS) is 10.6. The van der Waals surface area contributed by atoms with E-state index in [0.717, 1.165) is 11.4 Å². The molecule has 17 heavy (non-hydrogen) atoms. The lowest BCUT2D eigenvalue weighted by molar-refractivity contribution is 1.10. The Morgan fingerprint density at radius 2 is 2.00 bits per heavy atom. The second-order valence-corrected chi connectivity index (χ2v) is 3.58. The molecular weight excluding hydrogens is 216 g/mol. The van der Waals surface area contributed by atoms with Gasteiger partial charge in [0.15, 0.2) is 5.82 Å². The summed E-state index contributed by atoms with van der Waals surface area (Å²) in [6.07, 6.45) is 5.12. The molecule has 1 aromatic carbocycles. The first-order valence-corrected chi connectivity index (χ1v) is 5.10. The molecule has 0 saturated heterocycles. The maximum atomic E-state index is 5.62. The fourth-order valence-electron chi connectivity index (χ4n) is 1.55. The number of anilines is 3. The first kappa shape index (κ1) is 9.59. The summed E-state index contributed by atoms with van der Waals surface area (Å²) < 4.78 is 1.80. The highest BCUT2D eigenvalue weighted by Crippen LogP contribution is 2.18. The van der Waals surface area contributed by atoms with Crippen molar-refractivity contribution >= 4 is 22.8 Å². The number of fused-ring (bicyclic) bond motifs is 1. The molecule has 0 aliphatic rings. The highest BCUT2D eigenvalue weighted by Gasteiger charge is 2.04. The summed E-state index contributed by atoms with van der Waals surface area (Å²) in [4.78, 5) is 4.23. The fraction of sp³-hybridized carbons (Fsp3) is 0. The van der Waals surface area contributed by atoms with Gasteiger partial charge >= 0.3 is 0 Å². The van der Waals surface area contributed by atoms with Crippen molar-refractivity contribution in [3.63, 3.8) is 0 Å². The van der Waals surface area contributed by atoms with E-state index in [9.17, 15) is 0 Å². The predicted octanol–water partition coefficient (Wildman–Crippen LogP) is 1.45. The van der Waals surface area contributed by atoms with E-state index < -0.39 is 0 Å². The lowest BCUT2D eigenvalue weighted by Crippen LogP contribution is -1.97. The van der Waals surface area contributed by atoms with Crippen LogP contribution in [0.1, 0.15) is 0 Å². The summed E-state index contributed by atoms with van der Waals surface area (Å²) in [5.41, 5.74) is 7.94. The average Bonchev–Trinajstić information content (AvgIpc) is 2.81. The zero-order valence-electron chi connectivity index (χ0n) is 8.91. The number of nitrogens with zero attached hydrogens (tertiary/aromatic N) is 4. The Bertz CT molecular complexity index is 642. The van der Waals surface area contributed by atoms with Crippen LogP contribution in [0.4, 0.5) is 17.2 Å². The average molecular weight is 226 g/mol. The number of hydrogen-bond donors (Lipinski definition) is 2. The molecule has 3 aromatic rings. The van der Waals surface area contributed by atoms with Crippen molar-refractivity contribution < 1.29 is 0 Å². The minimum absolute atomic E-state index is 0.662. The van der Waals surface area contributed by atoms with Gasteiger partial charge in [0.2, 0.25) is 5.65 Å². The van der Waals surface area contributed by atoms with Crippen molar-refractivity contribution in [2.24, 2.45) is 0 Å². The molecular formula is C11H10N6. The summed E-state index contributed by atoms with van der Waals surface area (Å²) in [7, 11) is 0. The van der Waals surface area contributed by atoms with Gasteiger partial charge < -0.3 is 11.1 Å². The molecule has 0 bridgehead atoms. The molecule has 0 amide bonds. The van der Waals surface area contributed by atoms with Gasteiger partial charge in [-0.25, -0.2) is 4.98 Å². The monoisotopic (exact) mass is 226 g/mol. The van der Waals surface area contributed by atoms with Crippen LogP contribution in [0.2, 0.25) is 0 Å². The van der Waals surface area contributed by atoms with Gasteiger partial charge in [-0.05, 0) is 24.3 Å². The van der Waals surface area contributed by atoms with Crippen LogP contribution in [0.5, 0.6) is 0 Å². The Kier molecular flexibility index (Phi) is 2.11. The maximum absolute atomic E-state index is 5.62. The third-order valence-electron chi connectivity index (χ3n) is 2.39. The zero-order chi connectivity index (χ0) is 11.7. The van der Waals surface area contributed by atoms with Crippen LogP contribution in [-0.4, -0.2) is 19.6 Å². The molecule has 2 heterocycles. The summed E-state index contributed by atoms with van der Waals surface area (Å²) in [6, 6.07) is 7.42. The molecule has 0 aliphatic heterocycles. The topological polar surface area (TPSA) is 81.1 Å². The molecule has 0 unspecified atom stereocenters. The van der Waals surface area contributed by atoms with Crippen molar-refractivity contribution in [2.45, 2.75) is 0 Å². The van der Waals surface area contributed by atoms with Gasteiger partial charge in [-0.3, -0.25) is 4.40 Å². The molecule has 0 spiro atoms. The van der Waals surface area contributed by atoms with Crippen LogP contribution in [0.25, 0.3) is 5.65 Å². The third kappa shape index (κ3) is 1.76. The fourth-order valence-corrected chi connectivity index (χ4v) is 1.55. The molecule has 0 aliphatic carbocycles. The van der Waals surface area contributed by atoms with Crippen LogP contribution >= 0.6 is 0 Å².